The van der Waals surface area contributed by atoms with Gasteiger partial charge in [0.25, 0.3) is 0 Å². The van der Waals surface area contributed by atoms with Crippen LogP contribution in [0.4, 0.5) is 8.78 Å². The standard InChI is InChI=1S/C16H22F2N2O2.ClH/c1-21-15-8-11(2-5-14(15)22-16(17)18)9-20-7-6-12-3-4-13(10-20)19-12;/h2,5,8,12-13,16,19H,3-4,6-7,9-10H2,1H3;1H. The molecule has 2 heterocycles. The Morgan fingerprint density at radius 3 is 2.74 bits per heavy atom. The van der Waals surface area contributed by atoms with Crippen molar-refractivity contribution in [3.8, 4) is 11.5 Å². The summed E-state index contributed by atoms with van der Waals surface area (Å²) in [6.45, 7) is 0.0581. The number of benzene rings is 1. The fraction of sp³-hybridized carbons (Fsp3) is 0.625. The van der Waals surface area contributed by atoms with Crippen molar-refractivity contribution in [2.45, 2.75) is 44.5 Å². The Morgan fingerprint density at radius 2 is 2.00 bits per heavy atom. The first-order chi connectivity index (χ1) is 10.6. The quantitative estimate of drug-likeness (QED) is 0.886. The first-order valence-electron chi connectivity index (χ1n) is 7.74. The number of ether oxygens (including phenoxy) is 2. The third-order valence-electron chi connectivity index (χ3n) is 4.46. The lowest BCUT2D eigenvalue weighted by Crippen LogP contribution is -2.34. The van der Waals surface area contributed by atoms with Crippen molar-refractivity contribution in [3.63, 3.8) is 0 Å². The van der Waals surface area contributed by atoms with Crippen LogP contribution in [0.25, 0.3) is 0 Å². The van der Waals surface area contributed by atoms with Gasteiger partial charge in [0.2, 0.25) is 0 Å². The minimum Gasteiger partial charge on any atom is -0.493 e. The third kappa shape index (κ3) is 4.68. The molecule has 3 rings (SSSR count). The second kappa shape index (κ2) is 8.13. The van der Waals surface area contributed by atoms with Gasteiger partial charge >= 0.3 is 6.61 Å². The Balaban J connectivity index is 0.00000192. The lowest BCUT2D eigenvalue weighted by atomic mass is 10.1. The zero-order valence-electron chi connectivity index (χ0n) is 13.1. The lowest BCUT2D eigenvalue weighted by Gasteiger charge is -2.24. The molecular formula is C16H23ClF2N2O2. The second-order valence-electron chi connectivity index (χ2n) is 6.03. The van der Waals surface area contributed by atoms with Crippen LogP contribution in [-0.4, -0.2) is 43.8 Å². The van der Waals surface area contributed by atoms with Gasteiger partial charge in [-0.05, 0) is 37.0 Å². The van der Waals surface area contributed by atoms with Crippen LogP contribution >= 0.6 is 12.4 Å². The SMILES string of the molecule is COc1cc(CN2CCC3CCC(C2)N3)ccc1OC(F)F.Cl. The molecular weight excluding hydrogens is 326 g/mol. The van der Waals surface area contributed by atoms with Crippen molar-refractivity contribution in [1.29, 1.82) is 0 Å². The maximum atomic E-state index is 12.3. The lowest BCUT2D eigenvalue weighted by molar-refractivity contribution is -0.0512. The molecule has 130 valence electrons. The van der Waals surface area contributed by atoms with Gasteiger partial charge in [-0.1, -0.05) is 6.07 Å². The predicted octanol–water partition coefficient (Wildman–Crippen LogP) is 3.04. The number of methoxy groups -OCH3 is 1. The van der Waals surface area contributed by atoms with Crippen molar-refractivity contribution in [1.82, 2.24) is 10.2 Å². The summed E-state index contributed by atoms with van der Waals surface area (Å²) in [5, 5.41) is 3.65. The average molecular weight is 349 g/mol. The zero-order valence-corrected chi connectivity index (χ0v) is 14.0. The van der Waals surface area contributed by atoms with Gasteiger partial charge in [0, 0.05) is 31.7 Å². The van der Waals surface area contributed by atoms with Crippen LogP contribution in [0.15, 0.2) is 18.2 Å². The van der Waals surface area contributed by atoms with Gasteiger partial charge in [-0.25, -0.2) is 0 Å². The smallest absolute Gasteiger partial charge is 0.387 e. The first-order valence-corrected chi connectivity index (χ1v) is 7.74. The van der Waals surface area contributed by atoms with E-state index in [-0.39, 0.29) is 18.2 Å². The number of alkyl halides is 2. The number of nitrogens with zero attached hydrogens (tertiary/aromatic N) is 1. The minimum absolute atomic E-state index is 0. The Hall–Kier alpha value is -1.11. The summed E-state index contributed by atoms with van der Waals surface area (Å²) in [5.41, 5.74) is 1.05. The molecule has 2 aliphatic heterocycles. The fourth-order valence-electron chi connectivity index (χ4n) is 3.42. The molecule has 1 N–H and O–H groups in total. The van der Waals surface area contributed by atoms with Gasteiger partial charge in [-0.15, -0.1) is 12.4 Å². The summed E-state index contributed by atoms with van der Waals surface area (Å²) in [5.74, 6) is 0.435. The molecule has 2 unspecified atom stereocenters. The van der Waals surface area contributed by atoms with Gasteiger partial charge in [0.05, 0.1) is 7.11 Å². The molecule has 0 radical (unpaired) electrons. The molecule has 23 heavy (non-hydrogen) atoms. The van der Waals surface area contributed by atoms with Crippen LogP contribution in [0, 0.1) is 0 Å². The molecule has 0 aliphatic carbocycles. The van der Waals surface area contributed by atoms with E-state index in [1.54, 1.807) is 12.1 Å². The molecule has 0 spiro atoms. The van der Waals surface area contributed by atoms with Gasteiger partial charge in [0.1, 0.15) is 0 Å². The predicted molar refractivity (Wildman–Crippen MR) is 86.7 cm³/mol. The second-order valence-corrected chi connectivity index (χ2v) is 6.03. The van der Waals surface area contributed by atoms with E-state index in [0.29, 0.717) is 17.8 Å². The largest absolute Gasteiger partial charge is 0.493 e. The molecule has 7 heteroatoms. The topological polar surface area (TPSA) is 33.7 Å². The highest BCUT2D eigenvalue weighted by Crippen LogP contribution is 2.30. The monoisotopic (exact) mass is 348 g/mol. The number of fused-ring (bicyclic) bond motifs is 2. The fourth-order valence-corrected chi connectivity index (χ4v) is 3.42. The molecule has 4 nitrogen and oxygen atoms in total. The summed E-state index contributed by atoms with van der Waals surface area (Å²) in [4.78, 5) is 2.42. The average Bonchev–Trinajstić information content (AvgIpc) is 2.82. The summed E-state index contributed by atoms with van der Waals surface area (Å²) in [6.07, 6.45) is 3.69. The van der Waals surface area contributed by atoms with Crippen LogP contribution < -0.4 is 14.8 Å². The number of likely N-dealkylation sites (tertiary alicyclic amines) is 1. The molecule has 0 aromatic heterocycles. The van der Waals surface area contributed by atoms with Crippen molar-refractivity contribution in [2.24, 2.45) is 0 Å². The van der Waals surface area contributed by atoms with Gasteiger partial charge in [-0.3, -0.25) is 4.90 Å². The van der Waals surface area contributed by atoms with Gasteiger partial charge in [0.15, 0.2) is 11.5 Å². The Labute approximate surface area is 141 Å². The number of rotatable bonds is 5. The van der Waals surface area contributed by atoms with Crippen molar-refractivity contribution < 1.29 is 18.3 Å². The van der Waals surface area contributed by atoms with Crippen molar-refractivity contribution >= 4 is 12.4 Å². The molecule has 1 aromatic carbocycles. The van der Waals surface area contributed by atoms with Crippen LogP contribution in [-0.2, 0) is 6.54 Å². The summed E-state index contributed by atoms with van der Waals surface area (Å²) in [7, 11) is 1.46. The number of halogens is 3. The van der Waals surface area contributed by atoms with E-state index >= 15 is 0 Å². The van der Waals surface area contributed by atoms with Crippen molar-refractivity contribution in [3.05, 3.63) is 23.8 Å². The number of hydrogen-bond acceptors (Lipinski definition) is 4. The summed E-state index contributed by atoms with van der Waals surface area (Å²) in [6, 6.07) is 6.41. The zero-order chi connectivity index (χ0) is 15.5. The maximum Gasteiger partial charge on any atom is 0.387 e. The molecule has 0 saturated carbocycles. The van der Waals surface area contributed by atoms with Crippen LogP contribution in [0.2, 0.25) is 0 Å². The Bertz CT molecular complexity index is 519. The van der Waals surface area contributed by atoms with E-state index < -0.39 is 6.61 Å². The minimum atomic E-state index is -2.84. The highest BCUT2D eigenvalue weighted by molar-refractivity contribution is 5.85. The molecule has 2 fully saturated rings. The molecule has 2 bridgehead atoms. The van der Waals surface area contributed by atoms with E-state index in [0.717, 1.165) is 25.2 Å². The number of nitrogens with one attached hydrogen (secondary N) is 1. The highest BCUT2D eigenvalue weighted by Gasteiger charge is 2.29. The van der Waals surface area contributed by atoms with Crippen LogP contribution in [0.1, 0.15) is 24.8 Å². The summed E-state index contributed by atoms with van der Waals surface area (Å²) < 4.78 is 34.3. The van der Waals surface area contributed by atoms with E-state index in [2.05, 4.69) is 15.0 Å². The first kappa shape index (κ1) is 18.2. The molecule has 2 atom stereocenters. The molecule has 1 aromatic rings. The Morgan fingerprint density at radius 1 is 1.22 bits per heavy atom. The van der Waals surface area contributed by atoms with E-state index in [1.807, 2.05) is 6.07 Å². The summed E-state index contributed by atoms with van der Waals surface area (Å²) >= 11 is 0. The maximum absolute atomic E-state index is 12.3. The highest BCUT2D eigenvalue weighted by atomic mass is 35.5. The normalized spacial score (nSPS) is 24.2. The van der Waals surface area contributed by atoms with E-state index in [1.165, 1.54) is 26.4 Å². The molecule has 2 saturated heterocycles. The molecule has 2 aliphatic rings. The Kier molecular flexibility index (Phi) is 6.44. The van der Waals surface area contributed by atoms with E-state index in [9.17, 15) is 8.78 Å². The van der Waals surface area contributed by atoms with E-state index in [4.69, 9.17) is 4.74 Å². The van der Waals surface area contributed by atoms with Crippen LogP contribution in [0.3, 0.4) is 0 Å². The number of hydrogen-bond donors (Lipinski definition) is 1. The third-order valence-corrected chi connectivity index (χ3v) is 4.46. The van der Waals surface area contributed by atoms with Crippen molar-refractivity contribution in [2.75, 3.05) is 20.2 Å². The van der Waals surface area contributed by atoms with Gasteiger partial charge in [-0.2, -0.15) is 8.78 Å². The molecule has 0 amide bonds. The van der Waals surface area contributed by atoms with Crippen LogP contribution in [0.5, 0.6) is 11.5 Å². The van der Waals surface area contributed by atoms with Gasteiger partial charge < -0.3 is 14.8 Å².